The van der Waals surface area contributed by atoms with E-state index in [-0.39, 0.29) is 13.0 Å². The van der Waals surface area contributed by atoms with Crippen LogP contribution in [-0.4, -0.2) is 38.1 Å². The molecule has 7 nitrogen and oxygen atoms in total. The van der Waals surface area contributed by atoms with Gasteiger partial charge in [0.05, 0.1) is 22.1 Å². The molecule has 1 aliphatic heterocycles. The van der Waals surface area contributed by atoms with Crippen LogP contribution >= 0.6 is 11.6 Å². The van der Waals surface area contributed by atoms with Crippen molar-refractivity contribution in [3.63, 3.8) is 0 Å². The molecule has 0 amide bonds. The Kier molecular flexibility index (Phi) is 4.17. The van der Waals surface area contributed by atoms with Gasteiger partial charge in [-0.05, 0) is 12.1 Å². The fourth-order valence-corrected chi connectivity index (χ4v) is 3.18. The van der Waals surface area contributed by atoms with Crippen molar-refractivity contribution in [1.82, 2.24) is 4.72 Å². The van der Waals surface area contributed by atoms with E-state index in [9.17, 15) is 22.4 Å². The first kappa shape index (κ1) is 15.7. The number of ether oxygens (including phenoxy) is 1. The van der Waals surface area contributed by atoms with E-state index < -0.39 is 49.3 Å². The summed E-state index contributed by atoms with van der Waals surface area (Å²) in [6, 6.07) is 0.218. The minimum absolute atomic E-state index is 0.0708. The van der Waals surface area contributed by atoms with Crippen LogP contribution in [0.2, 0.25) is 5.02 Å². The minimum atomic E-state index is -4.28. The van der Waals surface area contributed by atoms with E-state index in [1.807, 2.05) is 4.72 Å². The summed E-state index contributed by atoms with van der Waals surface area (Å²) in [5.41, 5.74) is -0.689. The summed E-state index contributed by atoms with van der Waals surface area (Å²) in [6.45, 7) is 0.0708. The molecule has 0 radical (unpaired) electrons. The maximum Gasteiger partial charge on any atom is 0.337 e. The second kappa shape index (κ2) is 5.58. The second-order valence-electron chi connectivity index (χ2n) is 4.20. The van der Waals surface area contributed by atoms with Crippen LogP contribution in [0.15, 0.2) is 17.0 Å². The lowest BCUT2D eigenvalue weighted by molar-refractivity contribution is -0.139. The third-order valence-electron chi connectivity index (χ3n) is 2.78. The summed E-state index contributed by atoms with van der Waals surface area (Å²) in [5.74, 6) is -3.51. The number of carbonyl (C=O) groups excluding carboxylic acids is 1. The van der Waals surface area contributed by atoms with Crippen LogP contribution in [0.4, 0.5) is 4.39 Å². The fraction of sp³-hybridized carbons (Fsp3) is 0.273. The maximum absolute atomic E-state index is 13.5. The Bertz CT molecular complexity index is 720. The van der Waals surface area contributed by atoms with E-state index in [2.05, 4.69) is 4.74 Å². The first-order valence-corrected chi connectivity index (χ1v) is 7.50. The molecule has 0 saturated carbocycles. The van der Waals surface area contributed by atoms with Crippen molar-refractivity contribution >= 4 is 33.6 Å². The molecule has 2 rings (SSSR count). The number of aromatic carboxylic acids is 1. The third-order valence-corrected chi connectivity index (χ3v) is 4.61. The summed E-state index contributed by atoms with van der Waals surface area (Å²) < 4.78 is 44.3. The molecule has 21 heavy (non-hydrogen) atoms. The summed E-state index contributed by atoms with van der Waals surface area (Å²) in [4.78, 5) is 21.5. The monoisotopic (exact) mass is 337 g/mol. The number of carbonyl (C=O) groups is 2. The Morgan fingerprint density at radius 1 is 1.48 bits per heavy atom. The van der Waals surface area contributed by atoms with Crippen LogP contribution in [0, 0.1) is 5.82 Å². The summed E-state index contributed by atoms with van der Waals surface area (Å²) >= 11 is 5.46. The molecule has 1 heterocycles. The molecule has 1 atom stereocenters. The molecule has 1 unspecified atom stereocenters. The van der Waals surface area contributed by atoms with Crippen LogP contribution in [0.25, 0.3) is 0 Å². The molecule has 1 aromatic carbocycles. The van der Waals surface area contributed by atoms with Crippen molar-refractivity contribution in [2.24, 2.45) is 0 Å². The zero-order chi connectivity index (χ0) is 15.8. The average molecular weight is 338 g/mol. The number of esters is 1. The Labute approximate surface area is 123 Å². The van der Waals surface area contributed by atoms with Crippen molar-refractivity contribution in [2.45, 2.75) is 17.4 Å². The number of benzene rings is 1. The molecule has 1 aliphatic rings. The smallest absolute Gasteiger partial charge is 0.337 e. The molecular weight excluding hydrogens is 329 g/mol. The number of rotatable bonds is 4. The van der Waals surface area contributed by atoms with E-state index in [0.29, 0.717) is 6.07 Å². The topological polar surface area (TPSA) is 110 Å². The molecule has 10 heteroatoms. The van der Waals surface area contributed by atoms with Crippen molar-refractivity contribution in [3.8, 4) is 0 Å². The maximum atomic E-state index is 13.5. The number of sulfonamides is 1. The molecule has 1 saturated heterocycles. The van der Waals surface area contributed by atoms with Gasteiger partial charge in [-0.15, -0.1) is 0 Å². The molecule has 0 bridgehead atoms. The highest BCUT2D eigenvalue weighted by Crippen LogP contribution is 2.25. The first-order valence-electron chi connectivity index (χ1n) is 5.63. The van der Waals surface area contributed by atoms with Crippen LogP contribution in [0.3, 0.4) is 0 Å². The van der Waals surface area contributed by atoms with Crippen molar-refractivity contribution < 1.29 is 32.2 Å². The van der Waals surface area contributed by atoms with Gasteiger partial charge < -0.3 is 9.84 Å². The van der Waals surface area contributed by atoms with Gasteiger partial charge in [0, 0.05) is 6.42 Å². The van der Waals surface area contributed by atoms with Crippen molar-refractivity contribution in [1.29, 1.82) is 0 Å². The van der Waals surface area contributed by atoms with E-state index >= 15 is 0 Å². The quantitative estimate of drug-likeness (QED) is 0.785. The highest BCUT2D eigenvalue weighted by atomic mass is 35.5. The lowest BCUT2D eigenvalue weighted by atomic mass is 10.2. The van der Waals surface area contributed by atoms with Crippen LogP contribution in [-0.2, 0) is 19.6 Å². The van der Waals surface area contributed by atoms with E-state index in [1.54, 1.807) is 0 Å². The summed E-state index contributed by atoms with van der Waals surface area (Å²) in [5, 5.41) is 8.17. The Balaban J connectivity index is 2.40. The molecule has 114 valence electrons. The number of halogens is 2. The predicted octanol–water partition coefficient (Wildman–Crippen LogP) is 0.771. The highest BCUT2D eigenvalue weighted by molar-refractivity contribution is 7.89. The number of carboxylic acids is 1. The largest absolute Gasteiger partial charge is 0.478 e. The number of hydrogen-bond acceptors (Lipinski definition) is 5. The second-order valence-corrected chi connectivity index (χ2v) is 6.29. The molecule has 0 aliphatic carbocycles. The number of hydrogen-bond donors (Lipinski definition) is 2. The van der Waals surface area contributed by atoms with Gasteiger partial charge in [-0.2, -0.15) is 4.72 Å². The molecule has 1 fully saturated rings. The normalized spacial score (nSPS) is 18.6. The standard InChI is InChI=1S/C11H9ClFNO6S/c12-9-6(10(15)16)3-5(4-7(9)13)21(18,19)14-8-1-2-20-11(8)17/h3-4,8,14H,1-2H2,(H,15,16). The zero-order valence-electron chi connectivity index (χ0n) is 10.3. The van der Waals surface area contributed by atoms with Crippen molar-refractivity contribution in [3.05, 3.63) is 28.5 Å². The van der Waals surface area contributed by atoms with Crippen LogP contribution in [0.5, 0.6) is 0 Å². The molecule has 0 aromatic heterocycles. The zero-order valence-corrected chi connectivity index (χ0v) is 11.9. The molecular formula is C11H9ClFNO6S. The predicted molar refractivity (Wildman–Crippen MR) is 68.1 cm³/mol. The van der Waals surface area contributed by atoms with Gasteiger partial charge in [-0.3, -0.25) is 4.79 Å². The van der Waals surface area contributed by atoms with Gasteiger partial charge in [0.2, 0.25) is 10.0 Å². The van der Waals surface area contributed by atoms with Crippen LogP contribution < -0.4 is 4.72 Å². The Morgan fingerprint density at radius 3 is 2.67 bits per heavy atom. The molecule has 1 aromatic rings. The Hall–Kier alpha value is -1.71. The highest BCUT2D eigenvalue weighted by Gasteiger charge is 2.32. The average Bonchev–Trinajstić information content (AvgIpc) is 2.77. The van der Waals surface area contributed by atoms with Crippen molar-refractivity contribution in [2.75, 3.05) is 6.61 Å². The van der Waals surface area contributed by atoms with Gasteiger partial charge in [0.1, 0.15) is 11.9 Å². The molecule has 2 N–H and O–H groups in total. The van der Waals surface area contributed by atoms with Gasteiger partial charge in [-0.25, -0.2) is 17.6 Å². The van der Waals surface area contributed by atoms with Gasteiger partial charge in [0.15, 0.2) is 0 Å². The Morgan fingerprint density at radius 2 is 2.14 bits per heavy atom. The summed E-state index contributed by atoms with van der Waals surface area (Å²) in [6.07, 6.45) is 0.139. The molecule has 0 spiro atoms. The third kappa shape index (κ3) is 3.14. The number of carboxylic acid groups (broad SMARTS) is 1. The van der Waals surface area contributed by atoms with Gasteiger partial charge in [-0.1, -0.05) is 11.6 Å². The van der Waals surface area contributed by atoms with Gasteiger partial charge in [0.25, 0.3) is 0 Å². The fourth-order valence-electron chi connectivity index (χ4n) is 1.73. The SMILES string of the molecule is O=C(O)c1cc(S(=O)(=O)NC2CCOC2=O)cc(F)c1Cl. The lowest BCUT2D eigenvalue weighted by Gasteiger charge is -2.11. The number of nitrogens with one attached hydrogen (secondary N) is 1. The number of cyclic esters (lactones) is 1. The van der Waals surface area contributed by atoms with E-state index in [0.717, 1.165) is 6.07 Å². The lowest BCUT2D eigenvalue weighted by Crippen LogP contribution is -2.38. The first-order chi connectivity index (χ1) is 9.72. The van der Waals surface area contributed by atoms with Crippen LogP contribution in [0.1, 0.15) is 16.8 Å². The van der Waals surface area contributed by atoms with E-state index in [1.165, 1.54) is 0 Å². The minimum Gasteiger partial charge on any atom is -0.478 e. The van der Waals surface area contributed by atoms with E-state index in [4.69, 9.17) is 16.7 Å². The summed E-state index contributed by atoms with van der Waals surface area (Å²) in [7, 11) is -4.28. The van der Waals surface area contributed by atoms with Gasteiger partial charge >= 0.3 is 11.9 Å².